The van der Waals surface area contributed by atoms with Gasteiger partial charge in [-0.05, 0) is 115 Å². The molecule has 0 saturated heterocycles. The number of anilines is 1. The van der Waals surface area contributed by atoms with Crippen LogP contribution in [-0.4, -0.2) is 17.2 Å². The summed E-state index contributed by atoms with van der Waals surface area (Å²) in [6.07, 6.45) is 8.01. The maximum atomic E-state index is 13.6. The molecule has 0 aromatic heterocycles. The molecule has 4 aliphatic carbocycles. The van der Waals surface area contributed by atoms with Crippen molar-refractivity contribution < 1.29 is 4.79 Å². The van der Waals surface area contributed by atoms with Gasteiger partial charge in [0.2, 0.25) is 0 Å². The Morgan fingerprint density at radius 2 is 1.64 bits per heavy atom. The average Bonchev–Trinajstić information content (AvgIpc) is 3.18. The van der Waals surface area contributed by atoms with Crippen LogP contribution in [0.4, 0.5) is 5.69 Å². The van der Waals surface area contributed by atoms with Crippen LogP contribution in [0.1, 0.15) is 56.6 Å². The number of rotatable bonds is 4. The molecule has 4 nitrogen and oxygen atoms in total. The van der Waals surface area contributed by atoms with E-state index in [9.17, 15) is 4.79 Å². The van der Waals surface area contributed by atoms with E-state index in [1.807, 2.05) is 17.1 Å². The second-order valence-electron chi connectivity index (χ2n) is 10.4. The second-order valence-corrected chi connectivity index (χ2v) is 12.5. The third-order valence-electron chi connectivity index (χ3n) is 8.00. The molecule has 33 heavy (non-hydrogen) atoms. The third kappa shape index (κ3) is 4.19. The van der Waals surface area contributed by atoms with Crippen LogP contribution >= 0.6 is 45.8 Å². The summed E-state index contributed by atoms with van der Waals surface area (Å²) < 4.78 is 1.17. The fourth-order valence-corrected chi connectivity index (χ4v) is 7.91. The van der Waals surface area contributed by atoms with E-state index in [2.05, 4.69) is 52.2 Å². The van der Waals surface area contributed by atoms with Crippen molar-refractivity contribution in [3.8, 4) is 0 Å². The molecule has 2 aromatic carbocycles. The highest BCUT2D eigenvalue weighted by Gasteiger charge is 2.52. The normalized spacial score (nSPS) is 32.2. The second kappa shape index (κ2) is 8.42. The Hall–Kier alpha value is -1.31. The number of hydrogen-bond donors (Lipinski definition) is 1. The van der Waals surface area contributed by atoms with Gasteiger partial charge < -0.3 is 5.32 Å². The summed E-state index contributed by atoms with van der Waals surface area (Å²) in [6.45, 7) is 0. The van der Waals surface area contributed by atoms with Crippen LogP contribution in [0, 0.1) is 21.3 Å². The predicted octanol–water partition coefficient (Wildman–Crippen LogP) is 6.99. The molecule has 1 N–H and O–H groups in total. The molecular weight excluding hydrogens is 568 g/mol. The smallest absolute Gasteiger partial charge is 0.268 e. The molecular formula is C26H26Cl2IN3O. The molecule has 172 valence electrons. The van der Waals surface area contributed by atoms with E-state index >= 15 is 0 Å². The van der Waals surface area contributed by atoms with Gasteiger partial charge in [0.05, 0.1) is 16.8 Å². The van der Waals surface area contributed by atoms with Crippen LogP contribution in [0.2, 0.25) is 10.0 Å². The van der Waals surface area contributed by atoms with Crippen molar-refractivity contribution in [2.75, 3.05) is 5.01 Å². The molecule has 4 saturated carbocycles. The summed E-state index contributed by atoms with van der Waals surface area (Å²) in [5, 5.41) is 11.3. The lowest BCUT2D eigenvalue weighted by molar-refractivity contribution is -0.120. The molecule has 5 aliphatic rings. The zero-order valence-electron chi connectivity index (χ0n) is 18.2. The minimum absolute atomic E-state index is 0.0138. The highest BCUT2D eigenvalue weighted by atomic mass is 127. The minimum atomic E-state index is -0.0854. The molecule has 1 aliphatic heterocycles. The van der Waals surface area contributed by atoms with E-state index in [-0.39, 0.29) is 17.5 Å². The largest absolute Gasteiger partial charge is 0.345 e. The number of carbonyl (C=O) groups is 1. The van der Waals surface area contributed by atoms with Gasteiger partial charge in [0.1, 0.15) is 5.71 Å². The number of benzene rings is 2. The molecule has 1 amide bonds. The molecule has 1 atom stereocenters. The van der Waals surface area contributed by atoms with Gasteiger partial charge in [0.25, 0.3) is 5.91 Å². The molecule has 0 spiro atoms. The van der Waals surface area contributed by atoms with Crippen LogP contribution in [0.5, 0.6) is 0 Å². The summed E-state index contributed by atoms with van der Waals surface area (Å²) in [5.74, 6) is 2.34. The van der Waals surface area contributed by atoms with Crippen LogP contribution in [0.3, 0.4) is 0 Å². The average molecular weight is 594 g/mol. The maximum absolute atomic E-state index is 13.6. The maximum Gasteiger partial charge on any atom is 0.268 e. The molecule has 1 unspecified atom stereocenters. The van der Waals surface area contributed by atoms with E-state index < -0.39 is 0 Å². The molecule has 2 aromatic rings. The highest BCUT2D eigenvalue weighted by Crippen LogP contribution is 2.55. The van der Waals surface area contributed by atoms with Crippen LogP contribution in [0.25, 0.3) is 0 Å². The van der Waals surface area contributed by atoms with Crippen LogP contribution < -0.4 is 10.3 Å². The Morgan fingerprint density at radius 3 is 2.24 bits per heavy atom. The molecule has 7 heteroatoms. The van der Waals surface area contributed by atoms with Crippen molar-refractivity contribution in [3.63, 3.8) is 0 Å². The van der Waals surface area contributed by atoms with E-state index in [1.54, 1.807) is 6.07 Å². The van der Waals surface area contributed by atoms with Crippen molar-refractivity contribution in [1.29, 1.82) is 0 Å². The Labute approximate surface area is 218 Å². The van der Waals surface area contributed by atoms with Crippen molar-refractivity contribution in [2.24, 2.45) is 22.9 Å². The molecule has 1 heterocycles. The summed E-state index contributed by atoms with van der Waals surface area (Å²) in [7, 11) is 0. The molecule has 4 fully saturated rings. The minimum Gasteiger partial charge on any atom is -0.345 e. The summed E-state index contributed by atoms with van der Waals surface area (Å²) in [5.41, 5.74) is 2.43. The lowest BCUT2D eigenvalue weighted by Crippen LogP contribution is -2.60. The third-order valence-corrected chi connectivity index (χ3v) is 9.26. The van der Waals surface area contributed by atoms with E-state index in [0.717, 1.165) is 48.3 Å². The van der Waals surface area contributed by atoms with Gasteiger partial charge in [-0.2, -0.15) is 5.10 Å². The fourth-order valence-electron chi connectivity index (χ4n) is 7.06. The first-order valence-electron chi connectivity index (χ1n) is 11.8. The number of halogens is 3. The van der Waals surface area contributed by atoms with Crippen LogP contribution in [-0.2, 0) is 4.79 Å². The quantitative estimate of drug-likeness (QED) is 0.388. The zero-order valence-corrected chi connectivity index (χ0v) is 21.9. The van der Waals surface area contributed by atoms with Gasteiger partial charge in [-0.3, -0.25) is 9.80 Å². The van der Waals surface area contributed by atoms with Crippen molar-refractivity contribution in [1.82, 2.24) is 5.32 Å². The Morgan fingerprint density at radius 1 is 1.00 bits per heavy atom. The summed E-state index contributed by atoms with van der Waals surface area (Å²) in [6, 6.07) is 13.7. The Bertz CT molecular complexity index is 1100. The van der Waals surface area contributed by atoms with Gasteiger partial charge in [0.15, 0.2) is 0 Å². The first-order valence-corrected chi connectivity index (χ1v) is 13.6. The number of nitrogens with one attached hydrogen (secondary N) is 1. The number of hydrazone groups is 1. The van der Waals surface area contributed by atoms with E-state index in [4.69, 9.17) is 28.3 Å². The zero-order chi connectivity index (χ0) is 22.7. The molecule has 7 rings (SSSR count). The van der Waals surface area contributed by atoms with Gasteiger partial charge >= 0.3 is 0 Å². The Kier molecular flexibility index (Phi) is 5.66. The lowest BCUT2D eigenvalue weighted by atomic mass is 9.53. The van der Waals surface area contributed by atoms with Gasteiger partial charge in [-0.15, -0.1) is 0 Å². The number of amides is 1. The molecule has 0 radical (unpaired) electrons. The lowest BCUT2D eigenvalue weighted by Gasteiger charge is -2.56. The first-order chi connectivity index (χ1) is 15.9. The van der Waals surface area contributed by atoms with E-state index in [1.165, 1.54) is 22.8 Å². The van der Waals surface area contributed by atoms with Crippen LogP contribution in [0.15, 0.2) is 47.6 Å². The SMILES string of the molecule is O=C(NC12CC3CC(CC(C3)C1)C2)C1=NN(c2ccc(Cl)cc2Cl)C(c2ccc(I)cc2)C1. The number of nitrogens with zero attached hydrogens (tertiary/aromatic N) is 2. The van der Waals surface area contributed by atoms with Crippen molar-refractivity contribution in [3.05, 3.63) is 61.6 Å². The van der Waals surface area contributed by atoms with E-state index in [0.29, 0.717) is 22.2 Å². The van der Waals surface area contributed by atoms with Crippen molar-refractivity contribution >= 4 is 63.1 Å². The first kappa shape index (κ1) is 22.2. The standard InChI is InChI=1S/C26H26Cl2IN3O/c27-19-3-6-23(21(28)10-19)32-24(18-1-4-20(29)5-2-18)11-22(31-32)25(33)30-26-12-15-7-16(13-26)9-17(8-15)14-26/h1-6,10,15-17,24H,7-9,11-14H2,(H,30,33). The number of carbonyl (C=O) groups excluding carboxylic acids is 1. The number of hydrogen-bond acceptors (Lipinski definition) is 3. The monoisotopic (exact) mass is 593 g/mol. The van der Waals surface area contributed by atoms with Gasteiger partial charge in [-0.25, -0.2) is 0 Å². The van der Waals surface area contributed by atoms with Crippen molar-refractivity contribution in [2.45, 2.75) is 56.5 Å². The van der Waals surface area contributed by atoms with Gasteiger partial charge in [0, 0.05) is 20.6 Å². The highest BCUT2D eigenvalue weighted by molar-refractivity contribution is 14.1. The van der Waals surface area contributed by atoms with Gasteiger partial charge in [-0.1, -0.05) is 35.3 Å². The Balaban J connectivity index is 1.30. The topological polar surface area (TPSA) is 44.7 Å². The summed E-state index contributed by atoms with van der Waals surface area (Å²) in [4.78, 5) is 13.6. The predicted molar refractivity (Wildman–Crippen MR) is 142 cm³/mol. The summed E-state index contributed by atoms with van der Waals surface area (Å²) >= 11 is 15.0. The fraction of sp³-hybridized carbons (Fsp3) is 0.462. The molecule has 4 bridgehead atoms.